The summed E-state index contributed by atoms with van der Waals surface area (Å²) in [5.74, 6) is 1.97. The molecule has 3 heteroatoms. The number of nitrogens with zero attached hydrogens (tertiary/aromatic N) is 3. The second kappa shape index (κ2) is 11.5. The third-order valence-corrected chi connectivity index (χ3v) is 11.2. The lowest BCUT2D eigenvalue weighted by molar-refractivity contribution is 0.563. The Balaban J connectivity index is 1.23. The van der Waals surface area contributed by atoms with Crippen molar-refractivity contribution < 1.29 is 0 Å². The molecule has 0 N–H and O–H groups in total. The molecule has 7 aromatic carbocycles. The molecule has 0 fully saturated rings. The third kappa shape index (κ3) is 4.36. The van der Waals surface area contributed by atoms with Crippen LogP contribution >= 0.6 is 0 Å². The zero-order chi connectivity index (χ0) is 34.9. The van der Waals surface area contributed by atoms with E-state index in [-0.39, 0.29) is 5.41 Å². The maximum atomic E-state index is 5.28. The summed E-state index contributed by atoms with van der Waals surface area (Å²) in [7, 11) is 0. The van der Waals surface area contributed by atoms with E-state index in [9.17, 15) is 0 Å². The molecular weight excluding hydrogens is 631 g/mol. The van der Waals surface area contributed by atoms with Crippen molar-refractivity contribution in [3.8, 4) is 56.4 Å². The summed E-state index contributed by atoms with van der Waals surface area (Å²) in [6.45, 7) is 4.72. The Morgan fingerprint density at radius 3 is 1.33 bits per heavy atom. The lowest BCUT2D eigenvalue weighted by atomic mass is 9.55. The molecule has 1 heterocycles. The summed E-state index contributed by atoms with van der Waals surface area (Å²) < 4.78 is 0. The Hall–Kier alpha value is -6.45. The smallest absolute Gasteiger partial charge is 0.164 e. The van der Waals surface area contributed by atoms with Gasteiger partial charge in [-0.3, -0.25) is 0 Å². The second-order valence-corrected chi connectivity index (χ2v) is 14.4. The van der Waals surface area contributed by atoms with Gasteiger partial charge >= 0.3 is 0 Å². The van der Waals surface area contributed by atoms with Crippen LogP contribution in [0.15, 0.2) is 176 Å². The number of aromatic nitrogens is 3. The lowest BCUT2D eigenvalue weighted by Gasteiger charge is -2.46. The van der Waals surface area contributed by atoms with Gasteiger partial charge in [0.25, 0.3) is 0 Å². The van der Waals surface area contributed by atoms with Crippen molar-refractivity contribution in [2.24, 2.45) is 0 Å². The van der Waals surface area contributed by atoms with Crippen LogP contribution in [0.3, 0.4) is 0 Å². The van der Waals surface area contributed by atoms with Crippen molar-refractivity contribution in [3.05, 3.63) is 209 Å². The topological polar surface area (TPSA) is 38.7 Å². The molecule has 0 radical (unpaired) electrons. The minimum Gasteiger partial charge on any atom is -0.208 e. The van der Waals surface area contributed by atoms with Crippen LogP contribution in [0.1, 0.15) is 47.2 Å². The van der Waals surface area contributed by atoms with Crippen molar-refractivity contribution in [2.45, 2.75) is 24.7 Å². The quantitative estimate of drug-likeness (QED) is 0.188. The number of benzene rings is 7. The highest BCUT2D eigenvalue weighted by atomic mass is 15.0. The molecule has 0 amide bonds. The molecule has 2 aliphatic rings. The van der Waals surface area contributed by atoms with E-state index in [0.29, 0.717) is 17.5 Å². The van der Waals surface area contributed by atoms with Gasteiger partial charge < -0.3 is 0 Å². The third-order valence-electron chi connectivity index (χ3n) is 11.2. The summed E-state index contributed by atoms with van der Waals surface area (Å²) in [5, 5.41) is 0. The number of fused-ring (bicyclic) bond motifs is 9. The highest BCUT2D eigenvalue weighted by molar-refractivity contribution is 5.95. The molecule has 52 heavy (non-hydrogen) atoms. The van der Waals surface area contributed by atoms with Gasteiger partial charge in [-0.1, -0.05) is 190 Å². The summed E-state index contributed by atoms with van der Waals surface area (Å²) in [6, 6.07) is 63.0. The first kappa shape index (κ1) is 30.4. The molecule has 8 aromatic rings. The Morgan fingerprint density at radius 2 is 0.712 bits per heavy atom. The first-order valence-corrected chi connectivity index (χ1v) is 18.0. The maximum absolute atomic E-state index is 5.28. The summed E-state index contributed by atoms with van der Waals surface area (Å²) in [4.78, 5) is 15.6. The fourth-order valence-corrected chi connectivity index (χ4v) is 8.88. The van der Waals surface area contributed by atoms with Crippen molar-refractivity contribution in [3.63, 3.8) is 0 Å². The van der Waals surface area contributed by atoms with Crippen molar-refractivity contribution in [1.29, 1.82) is 0 Å². The average molecular weight is 666 g/mol. The van der Waals surface area contributed by atoms with E-state index in [2.05, 4.69) is 166 Å². The Morgan fingerprint density at radius 1 is 0.308 bits per heavy atom. The van der Waals surface area contributed by atoms with Crippen LogP contribution in [0.5, 0.6) is 0 Å². The first-order valence-electron chi connectivity index (χ1n) is 18.0. The van der Waals surface area contributed by atoms with Crippen LogP contribution in [0.2, 0.25) is 0 Å². The van der Waals surface area contributed by atoms with Gasteiger partial charge in [-0.05, 0) is 55.6 Å². The van der Waals surface area contributed by atoms with Gasteiger partial charge in [0.2, 0.25) is 0 Å². The van der Waals surface area contributed by atoms with Gasteiger partial charge in [0, 0.05) is 22.1 Å². The maximum Gasteiger partial charge on any atom is 0.164 e. The van der Waals surface area contributed by atoms with E-state index in [1.54, 1.807) is 0 Å². The predicted octanol–water partition coefficient (Wildman–Crippen LogP) is 11.5. The second-order valence-electron chi connectivity index (χ2n) is 14.4. The highest BCUT2D eigenvalue weighted by Crippen LogP contribution is 2.63. The molecule has 0 bridgehead atoms. The SMILES string of the molecule is CC1(C)c2ccccc2C2(c3ccccc3-c3c(-c4nc(-c5ccccc5)nc(-c5ccc(-c6ccccc6)cc5)n4)cccc32)c2ccccc21. The van der Waals surface area contributed by atoms with E-state index in [4.69, 9.17) is 15.0 Å². The highest BCUT2D eigenvalue weighted by Gasteiger charge is 2.53. The van der Waals surface area contributed by atoms with Gasteiger partial charge in [-0.25, -0.2) is 15.0 Å². The molecule has 246 valence electrons. The van der Waals surface area contributed by atoms with E-state index in [1.165, 1.54) is 50.1 Å². The summed E-state index contributed by atoms with van der Waals surface area (Å²) in [5.41, 5.74) is 14.9. The monoisotopic (exact) mass is 665 g/mol. The van der Waals surface area contributed by atoms with Crippen LogP contribution < -0.4 is 0 Å². The van der Waals surface area contributed by atoms with E-state index in [0.717, 1.165) is 22.3 Å². The largest absolute Gasteiger partial charge is 0.208 e. The minimum atomic E-state index is -0.490. The van der Waals surface area contributed by atoms with Crippen LogP contribution in [0.25, 0.3) is 56.4 Å². The average Bonchev–Trinajstić information content (AvgIpc) is 3.52. The standard InChI is InChI=1S/C49H35N3/c1-48(2)39-23-11-13-25-41(39)49(42-26-14-12-24-40(42)48)38-22-10-9-20-36(38)44-37(21-15-27-43(44)49)47-51-45(34-18-7-4-8-19-34)50-46(52-47)35-30-28-33(29-31-35)32-16-5-3-6-17-32/h3-31H,1-2H3. The molecule has 0 saturated heterocycles. The molecular formula is C49H35N3. The van der Waals surface area contributed by atoms with Crippen molar-refractivity contribution in [2.75, 3.05) is 0 Å². The van der Waals surface area contributed by atoms with Crippen molar-refractivity contribution in [1.82, 2.24) is 15.0 Å². The molecule has 10 rings (SSSR count). The zero-order valence-electron chi connectivity index (χ0n) is 29.1. The Labute approximate surface area is 304 Å². The minimum absolute atomic E-state index is 0.155. The molecule has 0 saturated carbocycles. The fourth-order valence-electron chi connectivity index (χ4n) is 8.88. The van der Waals surface area contributed by atoms with Gasteiger partial charge in [-0.2, -0.15) is 0 Å². The van der Waals surface area contributed by atoms with E-state index in [1.807, 2.05) is 24.3 Å². The summed E-state index contributed by atoms with van der Waals surface area (Å²) in [6.07, 6.45) is 0. The van der Waals surface area contributed by atoms with Gasteiger partial charge in [0.1, 0.15) is 0 Å². The van der Waals surface area contributed by atoms with Gasteiger partial charge in [0.05, 0.1) is 5.41 Å². The van der Waals surface area contributed by atoms with Gasteiger partial charge in [0.15, 0.2) is 17.5 Å². The molecule has 0 unspecified atom stereocenters. The predicted molar refractivity (Wildman–Crippen MR) is 211 cm³/mol. The normalized spacial score (nSPS) is 14.3. The van der Waals surface area contributed by atoms with E-state index >= 15 is 0 Å². The number of hydrogen-bond donors (Lipinski definition) is 0. The Kier molecular flexibility index (Phi) is 6.74. The molecule has 1 aromatic heterocycles. The summed E-state index contributed by atoms with van der Waals surface area (Å²) >= 11 is 0. The van der Waals surface area contributed by atoms with Crippen LogP contribution in [0, 0.1) is 0 Å². The molecule has 2 aliphatic carbocycles. The van der Waals surface area contributed by atoms with Crippen LogP contribution in [0.4, 0.5) is 0 Å². The molecule has 1 spiro atoms. The van der Waals surface area contributed by atoms with E-state index < -0.39 is 5.41 Å². The number of hydrogen-bond acceptors (Lipinski definition) is 3. The zero-order valence-corrected chi connectivity index (χ0v) is 29.1. The molecule has 3 nitrogen and oxygen atoms in total. The Bertz CT molecular complexity index is 2590. The molecule has 0 atom stereocenters. The van der Waals surface area contributed by atoms with Crippen LogP contribution in [-0.4, -0.2) is 15.0 Å². The lowest BCUT2D eigenvalue weighted by Crippen LogP contribution is -2.40. The fraction of sp³-hybridized carbons (Fsp3) is 0.0816. The first-order chi connectivity index (χ1) is 25.5. The van der Waals surface area contributed by atoms with Gasteiger partial charge in [-0.15, -0.1) is 0 Å². The van der Waals surface area contributed by atoms with Crippen molar-refractivity contribution >= 4 is 0 Å². The molecule has 0 aliphatic heterocycles. The van der Waals surface area contributed by atoms with Crippen LogP contribution in [-0.2, 0) is 10.8 Å². The number of rotatable bonds is 4.